The van der Waals surface area contributed by atoms with Crippen LogP contribution in [0, 0.1) is 6.92 Å². The Morgan fingerprint density at radius 2 is 1.92 bits per heavy atom. The number of imidazole rings is 1. The Morgan fingerprint density at radius 3 is 2.59 bits per heavy atom. The molecule has 39 heavy (non-hydrogen) atoms. The van der Waals surface area contributed by atoms with Crippen LogP contribution in [0.1, 0.15) is 40.3 Å². The minimum Gasteiger partial charge on any atom is -0.378 e. The van der Waals surface area contributed by atoms with Crippen molar-refractivity contribution in [3.63, 3.8) is 0 Å². The molecule has 1 aromatic carbocycles. The zero-order valence-electron chi connectivity index (χ0n) is 21.3. The first kappa shape index (κ1) is 26.9. The lowest BCUT2D eigenvalue weighted by atomic mass is 10.0. The number of anilines is 2. The molecule has 0 radical (unpaired) electrons. The predicted molar refractivity (Wildman–Crippen MR) is 138 cm³/mol. The molecule has 1 aliphatic heterocycles. The number of pyridine rings is 1. The van der Waals surface area contributed by atoms with Gasteiger partial charge in [-0.1, -0.05) is 17.7 Å². The third-order valence-corrected chi connectivity index (χ3v) is 6.65. The topological polar surface area (TPSA) is 108 Å². The molecule has 1 fully saturated rings. The molecule has 4 aromatic rings. The number of benzene rings is 1. The molecule has 0 unspecified atom stereocenters. The number of hydroxylamine groups is 2. The van der Waals surface area contributed by atoms with Gasteiger partial charge in [-0.3, -0.25) is 14.4 Å². The average Bonchev–Trinajstić information content (AvgIpc) is 3.35. The van der Waals surface area contributed by atoms with Gasteiger partial charge in [0.15, 0.2) is 11.4 Å². The summed E-state index contributed by atoms with van der Waals surface area (Å²) in [5.41, 5.74) is 1.25. The molecule has 10 nitrogen and oxygen atoms in total. The Hall–Kier alpha value is -3.68. The summed E-state index contributed by atoms with van der Waals surface area (Å²) in [7, 11) is 1.17. The molecule has 206 valence electrons. The number of rotatable bonds is 5. The monoisotopic (exact) mass is 563 g/mol. The highest BCUT2D eigenvalue weighted by Gasteiger charge is 2.35. The molecule has 14 heteroatoms. The number of carbonyl (C=O) groups excluding carboxylic acids is 1. The van der Waals surface area contributed by atoms with E-state index in [1.165, 1.54) is 17.5 Å². The first-order valence-corrected chi connectivity index (χ1v) is 12.4. The molecule has 3 aromatic heterocycles. The molecule has 1 amide bonds. The van der Waals surface area contributed by atoms with E-state index < -0.39 is 23.8 Å². The van der Waals surface area contributed by atoms with E-state index in [1.807, 2.05) is 24.8 Å². The van der Waals surface area contributed by atoms with Gasteiger partial charge in [0, 0.05) is 37.3 Å². The maximum absolute atomic E-state index is 13.7. The predicted octanol–water partition coefficient (Wildman–Crippen LogP) is 4.73. The van der Waals surface area contributed by atoms with Crippen molar-refractivity contribution >= 4 is 45.7 Å². The number of aryl methyl sites for hydroxylation is 1. The van der Waals surface area contributed by atoms with Crippen LogP contribution in [0.3, 0.4) is 0 Å². The molecule has 0 spiro atoms. The van der Waals surface area contributed by atoms with Gasteiger partial charge < -0.3 is 15.0 Å². The van der Waals surface area contributed by atoms with E-state index in [1.54, 1.807) is 12.1 Å². The highest BCUT2D eigenvalue weighted by Crippen LogP contribution is 2.35. The third kappa shape index (κ3) is 5.16. The summed E-state index contributed by atoms with van der Waals surface area (Å²) >= 11 is 5.99. The zero-order valence-corrected chi connectivity index (χ0v) is 22.0. The molecular formula is C25H25ClF3N7O3. The van der Waals surface area contributed by atoms with Crippen LogP contribution in [-0.2, 0) is 10.9 Å². The standard InChI is InChI=1S/C25H25ClF3N7O3/c1-13-10-15(14(2)30-17-4-5-19(26)32-21(17)23(37)34(3)38)20-16(11-13)22-31-18(25(27,28)29)12-36(22)24(33-20)35-6-8-39-9-7-35/h4-5,10-12,14,30,38H,6-9H2,1-3H3/t14-/m1/s1. The van der Waals surface area contributed by atoms with Crippen LogP contribution < -0.4 is 10.2 Å². The van der Waals surface area contributed by atoms with Crippen LogP contribution in [-0.4, -0.2) is 68.9 Å². The fourth-order valence-electron chi connectivity index (χ4n) is 4.61. The Kier molecular flexibility index (Phi) is 6.99. The van der Waals surface area contributed by atoms with E-state index in [-0.39, 0.29) is 16.5 Å². The van der Waals surface area contributed by atoms with Crippen LogP contribution in [0.25, 0.3) is 16.6 Å². The van der Waals surface area contributed by atoms with E-state index in [0.717, 1.165) is 11.8 Å². The number of hydrogen-bond acceptors (Lipinski definition) is 8. The minimum absolute atomic E-state index is 0.0680. The normalized spacial score (nSPS) is 15.1. The van der Waals surface area contributed by atoms with E-state index in [2.05, 4.69) is 15.3 Å². The summed E-state index contributed by atoms with van der Waals surface area (Å²) in [6.45, 7) is 5.40. The van der Waals surface area contributed by atoms with Crippen LogP contribution in [0.2, 0.25) is 5.15 Å². The van der Waals surface area contributed by atoms with Gasteiger partial charge in [-0.2, -0.15) is 13.2 Å². The number of hydrogen-bond donors (Lipinski definition) is 2. The number of alkyl halides is 3. The largest absolute Gasteiger partial charge is 0.434 e. The molecular weight excluding hydrogens is 539 g/mol. The lowest BCUT2D eigenvalue weighted by Crippen LogP contribution is -2.38. The first-order chi connectivity index (χ1) is 18.4. The van der Waals surface area contributed by atoms with E-state index in [4.69, 9.17) is 21.3 Å². The summed E-state index contributed by atoms with van der Waals surface area (Å²) in [5.74, 6) is -0.445. The number of halogens is 4. The molecule has 1 saturated heterocycles. The van der Waals surface area contributed by atoms with Crippen LogP contribution >= 0.6 is 11.6 Å². The molecule has 1 atom stereocenters. The second-order valence-corrected chi connectivity index (χ2v) is 9.69. The fourth-order valence-corrected chi connectivity index (χ4v) is 4.76. The summed E-state index contributed by atoms with van der Waals surface area (Å²) in [4.78, 5) is 27.3. The Balaban J connectivity index is 1.69. The zero-order chi connectivity index (χ0) is 28.1. The van der Waals surface area contributed by atoms with Gasteiger partial charge in [-0.05, 0) is 37.6 Å². The number of ether oxygens (including phenoxy) is 1. The Morgan fingerprint density at radius 1 is 1.21 bits per heavy atom. The van der Waals surface area contributed by atoms with Gasteiger partial charge in [0.1, 0.15) is 10.8 Å². The maximum Gasteiger partial charge on any atom is 0.434 e. The van der Waals surface area contributed by atoms with Crippen molar-refractivity contribution < 1.29 is 27.9 Å². The highest BCUT2D eigenvalue weighted by molar-refractivity contribution is 6.29. The van der Waals surface area contributed by atoms with Gasteiger partial charge >= 0.3 is 6.18 Å². The number of aromatic nitrogens is 4. The summed E-state index contributed by atoms with van der Waals surface area (Å²) < 4.78 is 48.0. The van der Waals surface area contributed by atoms with E-state index >= 15 is 0 Å². The van der Waals surface area contributed by atoms with Crippen LogP contribution in [0.5, 0.6) is 0 Å². The maximum atomic E-state index is 13.7. The van der Waals surface area contributed by atoms with Gasteiger partial charge in [-0.15, -0.1) is 0 Å². The van der Waals surface area contributed by atoms with Crippen molar-refractivity contribution in [3.05, 3.63) is 58.1 Å². The SMILES string of the molecule is Cc1cc([C@@H](C)Nc2ccc(Cl)nc2C(=O)N(C)O)c2nc(N3CCOCC3)n3cc(C(F)(F)F)nc3c2c1. The second kappa shape index (κ2) is 10.1. The summed E-state index contributed by atoms with van der Waals surface area (Å²) in [6.07, 6.45) is -3.66. The number of nitrogens with zero attached hydrogens (tertiary/aromatic N) is 6. The van der Waals surface area contributed by atoms with Crippen LogP contribution in [0.4, 0.5) is 24.8 Å². The number of fused-ring (bicyclic) bond motifs is 3. The lowest BCUT2D eigenvalue weighted by molar-refractivity contribution is -0.140. The Labute approximate surface area is 225 Å². The molecule has 5 rings (SSSR count). The summed E-state index contributed by atoms with van der Waals surface area (Å²) in [5, 5.41) is 13.8. The van der Waals surface area contributed by atoms with Crippen molar-refractivity contribution in [2.24, 2.45) is 0 Å². The number of morpholine rings is 1. The van der Waals surface area contributed by atoms with Gasteiger partial charge in [0.25, 0.3) is 5.91 Å². The molecule has 0 bridgehead atoms. The molecule has 1 aliphatic rings. The minimum atomic E-state index is -4.63. The third-order valence-electron chi connectivity index (χ3n) is 6.44. The lowest BCUT2D eigenvalue weighted by Gasteiger charge is -2.29. The second-order valence-electron chi connectivity index (χ2n) is 9.30. The number of carbonyl (C=O) groups is 1. The highest BCUT2D eigenvalue weighted by atomic mass is 35.5. The molecule has 0 aliphatic carbocycles. The fraction of sp³-hybridized carbons (Fsp3) is 0.360. The van der Waals surface area contributed by atoms with Crippen LogP contribution in [0.15, 0.2) is 30.5 Å². The van der Waals surface area contributed by atoms with Crippen molar-refractivity contribution in [2.75, 3.05) is 43.6 Å². The molecule has 0 saturated carbocycles. The van der Waals surface area contributed by atoms with Gasteiger partial charge in [0.05, 0.1) is 30.5 Å². The van der Waals surface area contributed by atoms with Gasteiger partial charge in [-0.25, -0.2) is 20.0 Å². The van der Waals surface area contributed by atoms with Gasteiger partial charge in [0.2, 0.25) is 5.95 Å². The van der Waals surface area contributed by atoms with E-state index in [0.29, 0.717) is 59.5 Å². The average molecular weight is 564 g/mol. The van der Waals surface area contributed by atoms with Crippen molar-refractivity contribution in [1.29, 1.82) is 0 Å². The number of amides is 1. The molecule has 4 heterocycles. The quantitative estimate of drug-likeness (QED) is 0.204. The Bertz CT molecular complexity index is 1570. The van der Waals surface area contributed by atoms with Crippen molar-refractivity contribution in [3.8, 4) is 0 Å². The smallest absolute Gasteiger partial charge is 0.378 e. The first-order valence-electron chi connectivity index (χ1n) is 12.1. The summed E-state index contributed by atoms with van der Waals surface area (Å²) in [6, 6.07) is 6.21. The van der Waals surface area contributed by atoms with Crippen molar-refractivity contribution in [1.82, 2.24) is 24.4 Å². The molecule has 2 N–H and O–H groups in total. The van der Waals surface area contributed by atoms with Crippen molar-refractivity contribution in [2.45, 2.75) is 26.1 Å². The number of nitrogens with one attached hydrogen (secondary N) is 1. The van der Waals surface area contributed by atoms with E-state index in [9.17, 15) is 23.2 Å².